The van der Waals surface area contributed by atoms with Crippen LogP contribution in [0.15, 0.2) is 30.5 Å². The van der Waals surface area contributed by atoms with Gasteiger partial charge in [0.15, 0.2) is 0 Å². The Bertz CT molecular complexity index is 1180. The van der Waals surface area contributed by atoms with Crippen LogP contribution < -0.4 is 27.4 Å². The highest BCUT2D eigenvalue weighted by Gasteiger charge is 2.32. The Morgan fingerprint density at radius 1 is 0.846 bits per heavy atom. The van der Waals surface area contributed by atoms with Crippen LogP contribution in [0.2, 0.25) is 0 Å². The molecule has 4 atom stereocenters. The number of rotatable bonds is 15. The number of aromatic nitrogens is 1. The smallest absolute Gasteiger partial charge is 0.326 e. The van der Waals surface area contributed by atoms with Crippen molar-refractivity contribution in [2.75, 3.05) is 0 Å². The number of carboxylic acids is 1. The van der Waals surface area contributed by atoms with Crippen LogP contribution in [0.1, 0.15) is 52.5 Å². The molecule has 2 aromatic rings. The Balaban J connectivity index is 2.31. The van der Waals surface area contributed by atoms with E-state index in [1.807, 2.05) is 52.0 Å². The molecule has 0 spiro atoms. The molecule has 4 amide bonds. The molecule has 0 aliphatic heterocycles. The Kier molecular flexibility index (Phi) is 11.5. The largest absolute Gasteiger partial charge is 0.480 e. The molecule has 0 saturated carbocycles. The van der Waals surface area contributed by atoms with Gasteiger partial charge in [0.05, 0.1) is 12.5 Å². The number of nitrogens with two attached hydrogens (primary N) is 2. The van der Waals surface area contributed by atoms with Gasteiger partial charge in [-0.3, -0.25) is 19.2 Å². The normalized spacial score (nSPS) is 14.4. The second-order valence-corrected chi connectivity index (χ2v) is 10.6. The van der Waals surface area contributed by atoms with Gasteiger partial charge in [0.25, 0.3) is 0 Å². The van der Waals surface area contributed by atoms with E-state index in [-0.39, 0.29) is 24.7 Å². The molecule has 0 bridgehead atoms. The topological polar surface area (TPSA) is 209 Å². The highest BCUT2D eigenvalue weighted by atomic mass is 16.4. The van der Waals surface area contributed by atoms with Crippen molar-refractivity contribution in [3.63, 3.8) is 0 Å². The van der Waals surface area contributed by atoms with Crippen LogP contribution in [-0.4, -0.2) is 63.9 Å². The molecule has 12 nitrogen and oxygen atoms in total. The molecule has 0 radical (unpaired) electrons. The summed E-state index contributed by atoms with van der Waals surface area (Å²) in [4.78, 5) is 65.4. The quantitative estimate of drug-likeness (QED) is 0.169. The predicted octanol–water partition coefficient (Wildman–Crippen LogP) is 0.544. The number of hydrogen-bond donors (Lipinski definition) is 7. The van der Waals surface area contributed by atoms with Gasteiger partial charge < -0.3 is 37.5 Å². The van der Waals surface area contributed by atoms with Crippen molar-refractivity contribution in [2.24, 2.45) is 23.3 Å². The number of carboxylic acid groups (broad SMARTS) is 1. The summed E-state index contributed by atoms with van der Waals surface area (Å²) in [5.74, 6) is -4.13. The molecular weight excluding hydrogens is 504 g/mol. The number of amides is 4. The highest BCUT2D eigenvalue weighted by molar-refractivity contribution is 5.95. The van der Waals surface area contributed by atoms with E-state index in [9.17, 15) is 29.1 Å². The summed E-state index contributed by atoms with van der Waals surface area (Å²) in [6.07, 6.45) is 1.87. The summed E-state index contributed by atoms with van der Waals surface area (Å²) in [7, 11) is 0. The van der Waals surface area contributed by atoms with Crippen LogP contribution in [0.25, 0.3) is 10.9 Å². The van der Waals surface area contributed by atoms with Crippen LogP contribution >= 0.6 is 0 Å². The lowest BCUT2D eigenvalue weighted by atomic mass is 9.99. The average molecular weight is 545 g/mol. The lowest BCUT2D eigenvalue weighted by Crippen LogP contribution is -2.58. The van der Waals surface area contributed by atoms with Crippen LogP contribution in [0, 0.1) is 11.8 Å². The van der Waals surface area contributed by atoms with Crippen molar-refractivity contribution in [1.29, 1.82) is 0 Å². The van der Waals surface area contributed by atoms with Crippen molar-refractivity contribution in [3.05, 3.63) is 36.0 Å². The first-order chi connectivity index (χ1) is 18.3. The van der Waals surface area contributed by atoms with E-state index in [0.717, 1.165) is 16.5 Å². The molecule has 0 saturated heterocycles. The molecule has 2 rings (SSSR count). The standard InChI is InChI=1S/C27H40N6O6/c1-14(2)9-18(28)24(35)31-21(11-16-13-30-19-8-6-5-7-17(16)19)26(37)32-20(10-15(3)4)25(36)33-22(27(38)39)12-23(29)34/h5-8,13-15,18,20-22,30H,9-12,28H2,1-4H3,(H2,29,34)(H,31,35)(H,32,37)(H,33,36)(H,38,39). The number of fused-ring (bicyclic) bond motifs is 1. The van der Waals surface area contributed by atoms with E-state index in [1.165, 1.54) is 0 Å². The first-order valence-corrected chi connectivity index (χ1v) is 13.0. The monoisotopic (exact) mass is 544 g/mol. The van der Waals surface area contributed by atoms with Gasteiger partial charge >= 0.3 is 5.97 Å². The molecule has 0 aliphatic carbocycles. The van der Waals surface area contributed by atoms with Gasteiger partial charge in [0.1, 0.15) is 18.1 Å². The molecule has 1 aromatic heterocycles. The maximum Gasteiger partial charge on any atom is 0.326 e. The van der Waals surface area contributed by atoms with Crippen LogP contribution in [0.4, 0.5) is 0 Å². The minimum absolute atomic E-state index is 0.0541. The third kappa shape index (κ3) is 9.71. The zero-order valence-electron chi connectivity index (χ0n) is 22.8. The first kappa shape index (κ1) is 31.3. The van der Waals surface area contributed by atoms with Crippen molar-refractivity contribution in [1.82, 2.24) is 20.9 Å². The number of carbonyl (C=O) groups is 5. The van der Waals surface area contributed by atoms with E-state index >= 15 is 0 Å². The number of hydrogen-bond acceptors (Lipinski definition) is 6. The molecule has 9 N–H and O–H groups in total. The summed E-state index contributed by atoms with van der Waals surface area (Å²) in [6, 6.07) is 2.94. The second-order valence-electron chi connectivity index (χ2n) is 10.6. The van der Waals surface area contributed by atoms with E-state index in [0.29, 0.717) is 6.42 Å². The van der Waals surface area contributed by atoms with Crippen LogP contribution in [-0.2, 0) is 30.4 Å². The molecule has 12 heteroatoms. The van der Waals surface area contributed by atoms with E-state index in [2.05, 4.69) is 20.9 Å². The van der Waals surface area contributed by atoms with E-state index < -0.39 is 60.2 Å². The van der Waals surface area contributed by atoms with Crippen molar-refractivity contribution >= 4 is 40.5 Å². The Morgan fingerprint density at radius 2 is 1.41 bits per heavy atom. The van der Waals surface area contributed by atoms with Gasteiger partial charge in [0.2, 0.25) is 23.6 Å². The Labute approximate surface area is 227 Å². The van der Waals surface area contributed by atoms with Gasteiger partial charge in [-0.15, -0.1) is 0 Å². The SMILES string of the molecule is CC(C)CC(N)C(=O)NC(Cc1c[nH]c2ccccc12)C(=O)NC(CC(C)C)C(=O)NC(CC(N)=O)C(=O)O. The summed E-state index contributed by atoms with van der Waals surface area (Å²) >= 11 is 0. The summed E-state index contributed by atoms with van der Waals surface area (Å²) in [5.41, 5.74) is 12.8. The van der Waals surface area contributed by atoms with Gasteiger partial charge in [0, 0.05) is 23.5 Å². The Hall–Kier alpha value is -3.93. The fourth-order valence-corrected chi connectivity index (χ4v) is 4.27. The fourth-order valence-electron chi connectivity index (χ4n) is 4.27. The molecule has 0 aliphatic rings. The van der Waals surface area contributed by atoms with Crippen molar-refractivity contribution < 1.29 is 29.1 Å². The van der Waals surface area contributed by atoms with Gasteiger partial charge in [-0.05, 0) is 36.3 Å². The molecule has 214 valence electrons. The zero-order valence-corrected chi connectivity index (χ0v) is 22.8. The first-order valence-electron chi connectivity index (χ1n) is 13.0. The zero-order chi connectivity index (χ0) is 29.3. The molecule has 0 fully saturated rings. The van der Waals surface area contributed by atoms with Crippen LogP contribution in [0.3, 0.4) is 0 Å². The molecule has 1 heterocycles. The van der Waals surface area contributed by atoms with Crippen molar-refractivity contribution in [3.8, 4) is 0 Å². The maximum absolute atomic E-state index is 13.5. The van der Waals surface area contributed by atoms with Crippen molar-refractivity contribution in [2.45, 2.75) is 77.5 Å². The number of benzene rings is 1. The van der Waals surface area contributed by atoms with Crippen LogP contribution in [0.5, 0.6) is 0 Å². The number of nitrogens with one attached hydrogen (secondary N) is 4. The van der Waals surface area contributed by atoms with E-state index in [1.54, 1.807) is 6.20 Å². The predicted molar refractivity (Wildman–Crippen MR) is 146 cm³/mol. The van der Waals surface area contributed by atoms with Gasteiger partial charge in [-0.2, -0.15) is 0 Å². The summed E-state index contributed by atoms with van der Waals surface area (Å²) in [5, 5.41) is 17.9. The lowest BCUT2D eigenvalue weighted by molar-refractivity contribution is -0.143. The highest BCUT2D eigenvalue weighted by Crippen LogP contribution is 2.19. The number of aromatic amines is 1. The second kappa shape index (κ2) is 14.3. The third-order valence-electron chi connectivity index (χ3n) is 6.15. The maximum atomic E-state index is 13.5. The lowest BCUT2D eigenvalue weighted by Gasteiger charge is -2.26. The molecule has 4 unspecified atom stereocenters. The fraction of sp³-hybridized carbons (Fsp3) is 0.519. The number of carbonyl (C=O) groups excluding carboxylic acids is 4. The van der Waals surface area contributed by atoms with Gasteiger partial charge in [-0.1, -0.05) is 45.9 Å². The average Bonchev–Trinajstić information content (AvgIpc) is 3.24. The minimum atomic E-state index is -1.54. The molecule has 1 aromatic carbocycles. The number of aliphatic carboxylic acids is 1. The molecular formula is C27H40N6O6. The summed E-state index contributed by atoms with van der Waals surface area (Å²) < 4.78 is 0. The number of H-pyrrole nitrogens is 1. The Morgan fingerprint density at radius 3 is 2.00 bits per heavy atom. The number of primary amides is 1. The third-order valence-corrected chi connectivity index (χ3v) is 6.15. The van der Waals surface area contributed by atoms with E-state index in [4.69, 9.17) is 11.5 Å². The van der Waals surface area contributed by atoms with Gasteiger partial charge in [-0.25, -0.2) is 4.79 Å². The summed E-state index contributed by atoms with van der Waals surface area (Å²) in [6.45, 7) is 7.53. The number of para-hydroxylation sites is 1. The molecule has 39 heavy (non-hydrogen) atoms. The minimum Gasteiger partial charge on any atom is -0.480 e.